The molecule has 0 heterocycles. The molecule has 3 nitrogen and oxygen atoms in total. The number of hydrogen-bond acceptors (Lipinski definition) is 3. The zero-order valence-electron chi connectivity index (χ0n) is 11.0. The van der Waals surface area contributed by atoms with E-state index >= 15 is 0 Å². The van der Waals surface area contributed by atoms with Gasteiger partial charge in [-0.1, -0.05) is 31.7 Å². The topological polar surface area (TPSA) is 52.5 Å². The second-order valence-corrected chi connectivity index (χ2v) is 5.36. The molecule has 1 aliphatic rings. The van der Waals surface area contributed by atoms with E-state index < -0.39 is 0 Å². The first kappa shape index (κ1) is 13.2. The van der Waals surface area contributed by atoms with E-state index in [-0.39, 0.29) is 17.5 Å². The Morgan fingerprint density at radius 2 is 2.00 bits per heavy atom. The van der Waals surface area contributed by atoms with Crippen LogP contribution in [-0.2, 0) is 0 Å². The summed E-state index contributed by atoms with van der Waals surface area (Å²) in [5.74, 6) is 1.16. The van der Waals surface area contributed by atoms with E-state index in [2.05, 4.69) is 5.32 Å². The monoisotopic (exact) mass is 249 g/mol. The molecule has 1 fully saturated rings. The summed E-state index contributed by atoms with van der Waals surface area (Å²) in [5, 5.41) is 22.5. The Bertz CT molecular complexity index is 386. The maximum Gasteiger partial charge on any atom is 0.124 e. The Labute approximate surface area is 109 Å². The summed E-state index contributed by atoms with van der Waals surface area (Å²) in [7, 11) is 0. The van der Waals surface area contributed by atoms with Crippen molar-refractivity contribution in [2.24, 2.45) is 5.92 Å². The summed E-state index contributed by atoms with van der Waals surface area (Å²) >= 11 is 0. The molecule has 1 unspecified atom stereocenters. The first-order valence-corrected chi connectivity index (χ1v) is 6.92. The van der Waals surface area contributed by atoms with Gasteiger partial charge >= 0.3 is 0 Å². The van der Waals surface area contributed by atoms with Crippen LogP contribution in [-0.4, -0.2) is 16.8 Å². The smallest absolute Gasteiger partial charge is 0.124 e. The number of aromatic hydroxyl groups is 2. The van der Waals surface area contributed by atoms with E-state index in [9.17, 15) is 10.2 Å². The van der Waals surface area contributed by atoms with Crippen LogP contribution in [0.25, 0.3) is 0 Å². The van der Waals surface area contributed by atoms with Crippen LogP contribution in [0.15, 0.2) is 18.2 Å². The number of phenols is 2. The van der Waals surface area contributed by atoms with Gasteiger partial charge in [-0.3, -0.25) is 0 Å². The number of rotatable bonds is 5. The van der Waals surface area contributed by atoms with Gasteiger partial charge < -0.3 is 15.5 Å². The molecule has 3 N–H and O–H groups in total. The summed E-state index contributed by atoms with van der Waals surface area (Å²) in [6.45, 7) is 3.03. The molecule has 0 radical (unpaired) electrons. The molecule has 1 saturated carbocycles. The molecule has 0 aliphatic heterocycles. The predicted octanol–water partition coefficient (Wildman–Crippen LogP) is 3.33. The zero-order chi connectivity index (χ0) is 13.0. The van der Waals surface area contributed by atoms with Gasteiger partial charge in [0.1, 0.15) is 11.5 Å². The van der Waals surface area contributed by atoms with Gasteiger partial charge in [0.05, 0.1) is 0 Å². The number of hydrogen-bond donors (Lipinski definition) is 3. The van der Waals surface area contributed by atoms with E-state index in [1.165, 1.54) is 38.2 Å². The first-order chi connectivity index (χ1) is 8.66. The maximum absolute atomic E-state index is 9.77. The van der Waals surface area contributed by atoms with Crippen LogP contribution in [0, 0.1) is 5.92 Å². The van der Waals surface area contributed by atoms with Gasteiger partial charge in [-0.15, -0.1) is 0 Å². The number of phenolic OH excluding ortho intramolecular Hbond substituents is 2. The lowest BCUT2D eigenvalue weighted by Gasteiger charge is -2.17. The fourth-order valence-corrected chi connectivity index (χ4v) is 2.81. The molecular formula is C15H23NO2. The molecule has 0 amide bonds. The normalized spacial score (nSPS) is 18.1. The van der Waals surface area contributed by atoms with E-state index in [4.69, 9.17) is 0 Å². The lowest BCUT2D eigenvalue weighted by molar-refractivity contribution is 0.425. The van der Waals surface area contributed by atoms with Crippen LogP contribution in [0.2, 0.25) is 0 Å². The average molecular weight is 249 g/mol. The van der Waals surface area contributed by atoms with E-state index in [1.54, 1.807) is 12.1 Å². The fraction of sp³-hybridized carbons (Fsp3) is 0.600. The molecule has 0 aromatic heterocycles. The molecule has 3 heteroatoms. The molecule has 1 aliphatic carbocycles. The lowest BCUT2D eigenvalue weighted by atomic mass is 10.0. The van der Waals surface area contributed by atoms with Gasteiger partial charge in [0.15, 0.2) is 0 Å². The minimum absolute atomic E-state index is 0.106. The Balaban J connectivity index is 1.81. The van der Waals surface area contributed by atoms with Crippen LogP contribution in [0.1, 0.15) is 50.6 Å². The van der Waals surface area contributed by atoms with Gasteiger partial charge in [-0.05, 0) is 31.9 Å². The minimum Gasteiger partial charge on any atom is -0.508 e. The van der Waals surface area contributed by atoms with Crippen molar-refractivity contribution in [1.82, 2.24) is 5.32 Å². The van der Waals surface area contributed by atoms with Gasteiger partial charge in [0, 0.05) is 17.7 Å². The van der Waals surface area contributed by atoms with Gasteiger partial charge in [-0.25, -0.2) is 0 Å². The molecule has 1 atom stereocenters. The lowest BCUT2D eigenvalue weighted by Crippen LogP contribution is -2.21. The largest absolute Gasteiger partial charge is 0.508 e. The molecular weight excluding hydrogens is 226 g/mol. The van der Waals surface area contributed by atoms with Crippen molar-refractivity contribution in [2.75, 3.05) is 6.54 Å². The van der Waals surface area contributed by atoms with Gasteiger partial charge in [0.25, 0.3) is 0 Å². The summed E-state index contributed by atoms with van der Waals surface area (Å²) in [6, 6.07) is 4.90. The van der Waals surface area contributed by atoms with Crippen molar-refractivity contribution in [3.63, 3.8) is 0 Å². The standard InChI is InChI=1S/C15H23NO2/c1-11(14-7-6-13(17)10-15(14)18)16-9-8-12-4-2-3-5-12/h6-7,10-12,16-18H,2-5,8-9H2,1H3. The highest BCUT2D eigenvalue weighted by molar-refractivity contribution is 5.40. The van der Waals surface area contributed by atoms with Gasteiger partial charge in [0.2, 0.25) is 0 Å². The Kier molecular flexibility index (Phi) is 4.48. The molecule has 0 bridgehead atoms. The summed E-state index contributed by atoms with van der Waals surface area (Å²) < 4.78 is 0. The average Bonchev–Trinajstić information content (AvgIpc) is 2.81. The van der Waals surface area contributed by atoms with Gasteiger partial charge in [-0.2, -0.15) is 0 Å². The van der Waals surface area contributed by atoms with E-state index in [0.29, 0.717) is 0 Å². The van der Waals surface area contributed by atoms with Crippen LogP contribution in [0.4, 0.5) is 0 Å². The van der Waals surface area contributed by atoms with Crippen molar-refractivity contribution in [1.29, 1.82) is 0 Å². The van der Waals surface area contributed by atoms with Crippen LogP contribution in [0.5, 0.6) is 11.5 Å². The molecule has 0 saturated heterocycles. The highest BCUT2D eigenvalue weighted by Gasteiger charge is 2.15. The zero-order valence-corrected chi connectivity index (χ0v) is 11.0. The van der Waals surface area contributed by atoms with Crippen LogP contribution in [0.3, 0.4) is 0 Å². The second-order valence-electron chi connectivity index (χ2n) is 5.36. The van der Waals surface area contributed by atoms with Crippen molar-refractivity contribution < 1.29 is 10.2 Å². The third kappa shape index (κ3) is 3.39. The Morgan fingerprint density at radius 3 is 2.67 bits per heavy atom. The summed E-state index contributed by atoms with van der Waals surface area (Å²) in [4.78, 5) is 0. The molecule has 18 heavy (non-hydrogen) atoms. The molecule has 100 valence electrons. The first-order valence-electron chi connectivity index (χ1n) is 6.92. The number of benzene rings is 1. The van der Waals surface area contributed by atoms with E-state index in [1.807, 2.05) is 6.92 Å². The van der Waals surface area contributed by atoms with Crippen molar-refractivity contribution in [2.45, 2.75) is 45.1 Å². The van der Waals surface area contributed by atoms with Crippen molar-refractivity contribution >= 4 is 0 Å². The molecule has 0 spiro atoms. The SMILES string of the molecule is CC(NCCC1CCCC1)c1ccc(O)cc1O. The Morgan fingerprint density at radius 1 is 1.28 bits per heavy atom. The van der Waals surface area contributed by atoms with Crippen molar-refractivity contribution in [3.8, 4) is 11.5 Å². The minimum atomic E-state index is 0.106. The quantitative estimate of drug-likeness (QED) is 0.750. The predicted molar refractivity (Wildman–Crippen MR) is 72.8 cm³/mol. The molecule has 2 rings (SSSR count). The summed E-state index contributed by atoms with van der Waals surface area (Å²) in [5.41, 5.74) is 0.847. The Hall–Kier alpha value is -1.22. The maximum atomic E-state index is 9.77. The fourth-order valence-electron chi connectivity index (χ4n) is 2.81. The highest BCUT2D eigenvalue weighted by atomic mass is 16.3. The molecule has 1 aromatic rings. The third-order valence-corrected chi connectivity index (χ3v) is 3.96. The van der Waals surface area contributed by atoms with Crippen LogP contribution < -0.4 is 5.32 Å². The number of nitrogens with one attached hydrogen (secondary N) is 1. The van der Waals surface area contributed by atoms with Crippen molar-refractivity contribution in [3.05, 3.63) is 23.8 Å². The molecule has 1 aromatic carbocycles. The van der Waals surface area contributed by atoms with E-state index in [0.717, 1.165) is 18.0 Å². The highest BCUT2D eigenvalue weighted by Crippen LogP contribution is 2.29. The third-order valence-electron chi connectivity index (χ3n) is 3.96. The second kappa shape index (κ2) is 6.10. The van der Waals surface area contributed by atoms with Crippen LogP contribution >= 0.6 is 0 Å². The summed E-state index contributed by atoms with van der Waals surface area (Å²) in [6.07, 6.45) is 6.75.